The van der Waals surface area contributed by atoms with Crippen molar-refractivity contribution in [3.8, 4) is 0 Å². The summed E-state index contributed by atoms with van der Waals surface area (Å²) in [6.45, 7) is -1.07. The smallest absolute Gasteiger partial charge is 0.323 e. The molecule has 0 fully saturated rings. The number of carboxylic acid groups (broad SMARTS) is 1. The second kappa shape index (κ2) is 6.39. The Balaban J connectivity index is 3.91. The standard InChI is InChI=1S/C3H10NO3P3/c5-3(6)2(4-8)1-7-10-9/h2,4,10H,1,8-9H2,(H,5,6)/i1D. The van der Waals surface area contributed by atoms with E-state index in [2.05, 4.69) is 14.0 Å². The van der Waals surface area contributed by atoms with Gasteiger partial charge < -0.3 is 9.63 Å². The van der Waals surface area contributed by atoms with Crippen LogP contribution >= 0.6 is 26.8 Å². The van der Waals surface area contributed by atoms with Crippen LogP contribution in [0.25, 0.3) is 0 Å². The molecule has 0 heterocycles. The van der Waals surface area contributed by atoms with Crippen LogP contribution in [0.2, 0.25) is 0 Å². The van der Waals surface area contributed by atoms with Gasteiger partial charge in [0, 0.05) is 8.50 Å². The Labute approximate surface area is 67.1 Å². The van der Waals surface area contributed by atoms with Crippen LogP contribution in [0.3, 0.4) is 0 Å². The Hall–Kier alpha value is 0.680. The van der Waals surface area contributed by atoms with Crippen molar-refractivity contribution in [2.45, 2.75) is 6.04 Å². The van der Waals surface area contributed by atoms with Crippen LogP contribution in [0.15, 0.2) is 0 Å². The number of rotatable bonds is 5. The van der Waals surface area contributed by atoms with Gasteiger partial charge in [-0.05, 0) is 0 Å². The average Bonchev–Trinajstić information content (AvgIpc) is 1.88. The molecule has 60 valence electrons. The van der Waals surface area contributed by atoms with Crippen molar-refractivity contribution in [3.63, 3.8) is 0 Å². The van der Waals surface area contributed by atoms with Gasteiger partial charge in [-0.15, -0.1) is 0 Å². The first-order valence-electron chi connectivity index (χ1n) is 2.93. The molecule has 10 heavy (non-hydrogen) atoms. The minimum Gasteiger partial charge on any atom is -0.480 e. The molecule has 4 nitrogen and oxygen atoms in total. The van der Waals surface area contributed by atoms with Crippen LogP contribution in [-0.2, 0) is 9.32 Å². The first-order chi connectivity index (χ1) is 5.13. The van der Waals surface area contributed by atoms with Crippen molar-refractivity contribution in [3.05, 3.63) is 0 Å². The fraction of sp³-hybridized carbons (Fsp3) is 0.667. The van der Waals surface area contributed by atoms with E-state index in [9.17, 15) is 4.79 Å². The highest BCUT2D eigenvalue weighted by Gasteiger charge is 2.13. The van der Waals surface area contributed by atoms with Gasteiger partial charge in [-0.25, -0.2) is 0 Å². The van der Waals surface area contributed by atoms with Crippen molar-refractivity contribution in [1.29, 1.82) is 0 Å². The van der Waals surface area contributed by atoms with Gasteiger partial charge in [0.25, 0.3) is 0 Å². The predicted octanol–water partition coefficient (Wildman–Crippen LogP) is 0.219. The molecule has 0 aliphatic carbocycles. The van der Waals surface area contributed by atoms with Gasteiger partial charge in [-0.2, -0.15) is 0 Å². The van der Waals surface area contributed by atoms with E-state index in [0.29, 0.717) is 0 Å². The van der Waals surface area contributed by atoms with E-state index in [1.54, 1.807) is 0 Å². The number of aliphatic carboxylic acids is 1. The quantitative estimate of drug-likeness (QED) is 0.626. The van der Waals surface area contributed by atoms with Gasteiger partial charge in [-0.3, -0.25) is 9.88 Å². The lowest BCUT2D eigenvalue weighted by molar-refractivity contribution is -0.139. The molecule has 5 unspecified atom stereocenters. The lowest BCUT2D eigenvalue weighted by Gasteiger charge is -2.08. The Morgan fingerprint density at radius 2 is 2.70 bits per heavy atom. The molecule has 0 amide bonds. The third kappa shape index (κ3) is 4.49. The molecule has 0 saturated heterocycles. The van der Waals surface area contributed by atoms with Crippen LogP contribution in [0.5, 0.6) is 0 Å². The van der Waals surface area contributed by atoms with Crippen LogP contribution in [0.4, 0.5) is 0 Å². The Morgan fingerprint density at radius 1 is 2.10 bits per heavy atom. The summed E-state index contributed by atoms with van der Waals surface area (Å²) in [5.74, 6) is -1.09. The van der Waals surface area contributed by atoms with Gasteiger partial charge in [0.1, 0.15) is 6.04 Å². The highest BCUT2D eigenvalue weighted by molar-refractivity contribution is 8.00. The normalized spacial score (nSPS) is 18.8. The molecule has 7 heteroatoms. The van der Waals surface area contributed by atoms with E-state index < -0.39 is 18.6 Å². The number of hydrogen-bond acceptors (Lipinski definition) is 3. The summed E-state index contributed by atoms with van der Waals surface area (Å²) in [7, 11) is 4.37. The summed E-state index contributed by atoms with van der Waals surface area (Å²) in [6, 6.07) is -0.993. The summed E-state index contributed by atoms with van der Waals surface area (Å²) in [5, 5.41) is 10.9. The highest BCUT2D eigenvalue weighted by Crippen LogP contribution is 2.20. The number of carbonyl (C=O) groups is 1. The lowest BCUT2D eigenvalue weighted by atomic mass is 10.3. The van der Waals surface area contributed by atoms with Crippen molar-refractivity contribution < 1.29 is 15.8 Å². The fourth-order valence-corrected chi connectivity index (χ4v) is 0.948. The van der Waals surface area contributed by atoms with Crippen molar-refractivity contribution in [2.75, 3.05) is 6.58 Å². The van der Waals surface area contributed by atoms with E-state index >= 15 is 0 Å². The second-order valence-corrected chi connectivity index (χ2v) is 2.87. The Kier molecular flexibility index (Phi) is 5.61. The van der Waals surface area contributed by atoms with Gasteiger partial charge >= 0.3 is 5.97 Å². The molecular formula is C3H10NO3P3. The summed E-state index contributed by atoms with van der Waals surface area (Å²) < 4.78 is 11.9. The summed E-state index contributed by atoms with van der Waals surface area (Å²) in [6.07, 6.45) is 0. The SMILES string of the molecule is [2H]C(OPP)C(NP)C(=O)O. The minimum absolute atomic E-state index is 0.0432. The maximum absolute atomic E-state index is 10.4. The van der Waals surface area contributed by atoms with Gasteiger partial charge in [0.15, 0.2) is 0 Å². The third-order valence-corrected chi connectivity index (χ3v) is 1.76. The largest absolute Gasteiger partial charge is 0.480 e. The molecule has 0 aromatic rings. The van der Waals surface area contributed by atoms with E-state index in [1.165, 1.54) is 0 Å². The lowest BCUT2D eigenvalue weighted by Crippen LogP contribution is -2.33. The molecule has 0 rings (SSSR count). The molecule has 0 aliphatic heterocycles. The monoisotopic (exact) mass is 202 g/mol. The Morgan fingerprint density at radius 3 is 3.00 bits per heavy atom. The molecule has 0 aliphatic rings. The molecule has 0 spiro atoms. The molecule has 5 atom stereocenters. The highest BCUT2D eigenvalue weighted by atomic mass is 32.0. The van der Waals surface area contributed by atoms with Gasteiger partial charge in [0.2, 0.25) is 0 Å². The van der Waals surface area contributed by atoms with Gasteiger partial charge in [-0.1, -0.05) is 18.3 Å². The maximum Gasteiger partial charge on any atom is 0.323 e. The molecular weight excluding hydrogens is 191 g/mol. The van der Waals surface area contributed by atoms with E-state index in [1.807, 2.05) is 9.39 Å². The van der Waals surface area contributed by atoms with Crippen LogP contribution in [0, 0.1) is 0 Å². The zero-order valence-electron chi connectivity index (χ0n) is 6.07. The first kappa shape index (κ1) is 8.77. The number of hydrogen-bond donors (Lipinski definition) is 2. The Bertz CT molecular complexity index is 137. The van der Waals surface area contributed by atoms with E-state index in [0.717, 1.165) is 0 Å². The summed E-state index contributed by atoms with van der Waals surface area (Å²) in [4.78, 5) is 10.4. The van der Waals surface area contributed by atoms with Crippen LogP contribution in [0.1, 0.15) is 1.37 Å². The second-order valence-electron chi connectivity index (χ2n) is 1.35. The molecule has 0 saturated carbocycles. The zero-order valence-corrected chi connectivity index (χ0v) is 8.38. The molecule has 0 radical (unpaired) electrons. The minimum atomic E-state index is -1.09. The van der Waals surface area contributed by atoms with E-state index in [-0.39, 0.29) is 8.50 Å². The molecule has 2 N–H and O–H groups in total. The number of carboxylic acids is 1. The number of nitrogens with one attached hydrogen (secondary N) is 1. The molecule has 0 aromatic carbocycles. The predicted molar refractivity (Wildman–Crippen MR) is 48.2 cm³/mol. The molecule has 0 aromatic heterocycles. The topological polar surface area (TPSA) is 58.6 Å². The zero-order chi connectivity index (χ0) is 8.85. The third-order valence-electron chi connectivity index (χ3n) is 0.718. The summed E-state index contributed by atoms with van der Waals surface area (Å²) in [5.41, 5.74) is 0. The summed E-state index contributed by atoms with van der Waals surface area (Å²) >= 11 is 0. The fourth-order valence-electron chi connectivity index (χ4n) is 0.276. The van der Waals surface area contributed by atoms with Crippen molar-refractivity contribution in [2.24, 2.45) is 0 Å². The van der Waals surface area contributed by atoms with Gasteiger partial charge in [0.05, 0.1) is 7.95 Å². The van der Waals surface area contributed by atoms with Crippen molar-refractivity contribution in [1.82, 2.24) is 5.09 Å². The average molecular weight is 202 g/mol. The maximum atomic E-state index is 10.4. The van der Waals surface area contributed by atoms with Crippen LogP contribution < -0.4 is 5.09 Å². The van der Waals surface area contributed by atoms with Crippen molar-refractivity contribution >= 4 is 32.8 Å². The molecule has 0 bridgehead atoms. The first-order valence-corrected chi connectivity index (χ1v) is 5.65. The van der Waals surface area contributed by atoms with E-state index in [4.69, 9.17) is 11.0 Å². The van der Waals surface area contributed by atoms with Crippen LogP contribution in [-0.4, -0.2) is 23.7 Å².